The smallest absolute Gasteiger partial charge is 0.145 e. The minimum absolute atomic E-state index is 0.938. The summed E-state index contributed by atoms with van der Waals surface area (Å²) in [5.41, 5.74) is 7.80. The molecule has 0 radical (unpaired) electrons. The molecule has 2 aromatic heterocycles. The van der Waals surface area contributed by atoms with Gasteiger partial charge in [0.05, 0.1) is 22.1 Å². The summed E-state index contributed by atoms with van der Waals surface area (Å²) < 4.78 is 4.78. The van der Waals surface area contributed by atoms with E-state index in [1.807, 2.05) is 0 Å². The minimum Gasteiger partial charge on any atom is -0.309 e. The number of imidazole rings is 1. The van der Waals surface area contributed by atoms with E-state index in [0.29, 0.717) is 0 Å². The standard InChI is InChI=1S/C47H29N3/c1-3-13-30(14-4-1)47-48-43-26-23-31-27-42-39-21-11-12-22-44(39)49(45(42)29-40(31)46(43)50(47)32-15-5-2-6-16-32)33-24-25-38-36-19-8-7-17-34(36)35-18-9-10-20-37(35)41(38)28-33/h1-29H. The summed E-state index contributed by atoms with van der Waals surface area (Å²) in [4.78, 5) is 5.26. The molecule has 9 aromatic carbocycles. The Labute approximate surface area is 287 Å². The van der Waals surface area contributed by atoms with E-state index >= 15 is 0 Å². The van der Waals surface area contributed by atoms with Gasteiger partial charge in [-0.25, -0.2) is 4.98 Å². The van der Waals surface area contributed by atoms with E-state index in [2.05, 4.69) is 185 Å². The number of benzene rings is 9. The van der Waals surface area contributed by atoms with Crippen molar-refractivity contribution in [2.45, 2.75) is 0 Å². The van der Waals surface area contributed by atoms with Gasteiger partial charge in [-0.2, -0.15) is 0 Å². The van der Waals surface area contributed by atoms with Crippen molar-refractivity contribution in [1.29, 1.82) is 0 Å². The van der Waals surface area contributed by atoms with E-state index in [0.717, 1.165) is 33.8 Å². The minimum atomic E-state index is 0.938. The molecule has 0 aliphatic carbocycles. The summed E-state index contributed by atoms with van der Waals surface area (Å²) in [6, 6.07) is 63.7. The zero-order valence-corrected chi connectivity index (χ0v) is 27.1. The Morgan fingerprint density at radius 2 is 0.940 bits per heavy atom. The summed E-state index contributed by atoms with van der Waals surface area (Å²) in [6.45, 7) is 0. The lowest BCUT2D eigenvalue weighted by molar-refractivity contribution is 1.11. The van der Waals surface area contributed by atoms with E-state index in [1.54, 1.807) is 0 Å². The Hall–Kier alpha value is -6.71. The molecule has 0 aliphatic heterocycles. The number of nitrogens with zero attached hydrogens (tertiary/aromatic N) is 3. The first-order valence-electron chi connectivity index (χ1n) is 17.1. The van der Waals surface area contributed by atoms with Crippen LogP contribution in [0.2, 0.25) is 0 Å². The van der Waals surface area contributed by atoms with Crippen molar-refractivity contribution in [2.75, 3.05) is 0 Å². The molecule has 0 fully saturated rings. The second-order valence-electron chi connectivity index (χ2n) is 13.2. The summed E-state index contributed by atoms with van der Waals surface area (Å²) in [5.74, 6) is 0.938. The number of hydrogen-bond acceptors (Lipinski definition) is 1. The summed E-state index contributed by atoms with van der Waals surface area (Å²) in [6.07, 6.45) is 0. The van der Waals surface area contributed by atoms with Crippen molar-refractivity contribution in [3.8, 4) is 22.8 Å². The van der Waals surface area contributed by atoms with Gasteiger partial charge >= 0.3 is 0 Å². The van der Waals surface area contributed by atoms with Crippen LogP contribution in [0.25, 0.3) is 98.7 Å². The van der Waals surface area contributed by atoms with Crippen LogP contribution in [0.15, 0.2) is 176 Å². The van der Waals surface area contributed by atoms with Gasteiger partial charge in [-0.1, -0.05) is 127 Å². The Kier molecular flexibility index (Phi) is 5.67. The van der Waals surface area contributed by atoms with Gasteiger partial charge in [-0.15, -0.1) is 0 Å². The third-order valence-corrected chi connectivity index (χ3v) is 10.5. The molecule has 0 spiro atoms. The molecule has 0 amide bonds. The lowest BCUT2D eigenvalue weighted by atomic mass is 9.94. The maximum Gasteiger partial charge on any atom is 0.145 e. The average molecular weight is 636 g/mol. The van der Waals surface area contributed by atoms with Crippen LogP contribution in [0.5, 0.6) is 0 Å². The van der Waals surface area contributed by atoms with Crippen LogP contribution in [0.4, 0.5) is 0 Å². The lowest BCUT2D eigenvalue weighted by Crippen LogP contribution is -1.98. The van der Waals surface area contributed by atoms with Crippen molar-refractivity contribution >= 4 is 75.9 Å². The van der Waals surface area contributed by atoms with Gasteiger partial charge in [-0.05, 0) is 86.2 Å². The van der Waals surface area contributed by atoms with Crippen LogP contribution in [0, 0.1) is 0 Å². The highest BCUT2D eigenvalue weighted by molar-refractivity contribution is 6.26. The molecular formula is C47H29N3. The van der Waals surface area contributed by atoms with Crippen LogP contribution in [-0.4, -0.2) is 14.1 Å². The molecule has 11 rings (SSSR count). The third kappa shape index (κ3) is 3.83. The van der Waals surface area contributed by atoms with Gasteiger partial charge < -0.3 is 4.57 Å². The Bertz CT molecular complexity index is 3100. The lowest BCUT2D eigenvalue weighted by Gasteiger charge is -2.14. The molecule has 0 atom stereocenters. The first-order valence-corrected chi connectivity index (χ1v) is 17.1. The molecule has 2 heterocycles. The van der Waals surface area contributed by atoms with Crippen molar-refractivity contribution in [3.63, 3.8) is 0 Å². The van der Waals surface area contributed by atoms with Gasteiger partial charge in [0.1, 0.15) is 5.82 Å². The predicted octanol–water partition coefficient (Wildman–Crippen LogP) is 12.4. The molecule has 11 aromatic rings. The molecule has 0 aliphatic rings. The van der Waals surface area contributed by atoms with E-state index in [4.69, 9.17) is 4.98 Å². The second kappa shape index (κ2) is 10.4. The van der Waals surface area contributed by atoms with E-state index in [-0.39, 0.29) is 0 Å². The van der Waals surface area contributed by atoms with Crippen LogP contribution in [0.1, 0.15) is 0 Å². The van der Waals surface area contributed by atoms with Crippen LogP contribution < -0.4 is 0 Å². The monoisotopic (exact) mass is 635 g/mol. The van der Waals surface area contributed by atoms with Crippen LogP contribution >= 0.6 is 0 Å². The molecule has 232 valence electrons. The molecule has 50 heavy (non-hydrogen) atoms. The van der Waals surface area contributed by atoms with Gasteiger partial charge in [0.25, 0.3) is 0 Å². The predicted molar refractivity (Wildman–Crippen MR) is 211 cm³/mol. The quantitative estimate of drug-likeness (QED) is 0.177. The molecule has 0 saturated carbocycles. The highest BCUT2D eigenvalue weighted by Crippen LogP contribution is 2.41. The highest BCUT2D eigenvalue weighted by atomic mass is 15.1. The first kappa shape index (κ1) is 27.3. The number of aromatic nitrogens is 3. The Balaban J connectivity index is 1.26. The summed E-state index contributed by atoms with van der Waals surface area (Å²) >= 11 is 0. The van der Waals surface area contributed by atoms with Crippen molar-refractivity contribution in [2.24, 2.45) is 0 Å². The molecule has 0 bridgehead atoms. The number of fused-ring (bicyclic) bond motifs is 12. The van der Waals surface area contributed by atoms with Crippen molar-refractivity contribution < 1.29 is 0 Å². The fourth-order valence-corrected chi connectivity index (χ4v) is 8.28. The van der Waals surface area contributed by atoms with Crippen molar-refractivity contribution in [3.05, 3.63) is 176 Å². The summed E-state index contributed by atoms with van der Waals surface area (Å²) in [5, 5.41) is 12.5. The highest BCUT2D eigenvalue weighted by Gasteiger charge is 2.20. The fourth-order valence-electron chi connectivity index (χ4n) is 8.28. The van der Waals surface area contributed by atoms with Crippen molar-refractivity contribution in [1.82, 2.24) is 14.1 Å². The van der Waals surface area contributed by atoms with Gasteiger partial charge in [0.15, 0.2) is 0 Å². The summed E-state index contributed by atoms with van der Waals surface area (Å²) in [7, 11) is 0. The number of hydrogen-bond donors (Lipinski definition) is 0. The molecule has 3 heteroatoms. The Morgan fingerprint density at radius 3 is 1.66 bits per heavy atom. The normalized spacial score (nSPS) is 12.0. The topological polar surface area (TPSA) is 22.8 Å². The maximum atomic E-state index is 5.26. The van der Waals surface area contributed by atoms with Crippen LogP contribution in [0.3, 0.4) is 0 Å². The SMILES string of the molecule is c1ccc(-c2nc3ccc4cc5c6ccccc6n(-c6ccc7c8ccccc8c8ccccc8c7c6)c5cc4c3n2-c2ccccc2)cc1. The first-order chi connectivity index (χ1) is 24.8. The zero-order valence-electron chi connectivity index (χ0n) is 27.1. The number of para-hydroxylation sites is 2. The average Bonchev–Trinajstić information content (AvgIpc) is 3.74. The zero-order chi connectivity index (χ0) is 32.8. The second-order valence-corrected chi connectivity index (χ2v) is 13.2. The van der Waals surface area contributed by atoms with Gasteiger partial charge in [-0.3, -0.25) is 4.57 Å². The fraction of sp³-hybridized carbons (Fsp3) is 0. The van der Waals surface area contributed by atoms with Crippen LogP contribution in [-0.2, 0) is 0 Å². The molecule has 0 unspecified atom stereocenters. The molecule has 0 saturated heterocycles. The van der Waals surface area contributed by atoms with Gasteiger partial charge in [0.2, 0.25) is 0 Å². The van der Waals surface area contributed by atoms with E-state index in [9.17, 15) is 0 Å². The largest absolute Gasteiger partial charge is 0.309 e. The molecular weight excluding hydrogens is 607 g/mol. The number of rotatable bonds is 3. The van der Waals surface area contributed by atoms with E-state index in [1.165, 1.54) is 64.9 Å². The molecule has 0 N–H and O–H groups in total. The maximum absolute atomic E-state index is 5.26. The van der Waals surface area contributed by atoms with Gasteiger partial charge in [0, 0.05) is 33.1 Å². The Morgan fingerprint density at radius 1 is 0.340 bits per heavy atom. The molecule has 3 nitrogen and oxygen atoms in total. The van der Waals surface area contributed by atoms with E-state index < -0.39 is 0 Å². The third-order valence-electron chi connectivity index (χ3n) is 10.5.